The second kappa shape index (κ2) is 8.12. The molecule has 0 aliphatic rings. The van der Waals surface area contributed by atoms with Crippen molar-refractivity contribution >= 4 is 11.9 Å². The summed E-state index contributed by atoms with van der Waals surface area (Å²) >= 11 is 0. The van der Waals surface area contributed by atoms with Crippen molar-refractivity contribution in [1.29, 1.82) is 0 Å². The third-order valence-corrected chi connectivity index (χ3v) is 3.88. The highest BCUT2D eigenvalue weighted by Gasteiger charge is 2.11. The van der Waals surface area contributed by atoms with Crippen LogP contribution in [0.1, 0.15) is 31.8 Å². The van der Waals surface area contributed by atoms with Gasteiger partial charge in [0.2, 0.25) is 0 Å². The lowest BCUT2D eigenvalue weighted by Crippen LogP contribution is -2.09. The van der Waals surface area contributed by atoms with Crippen LogP contribution < -0.4 is 4.74 Å². The zero-order chi connectivity index (χ0) is 18.4. The number of para-hydroxylation sites is 1. The van der Waals surface area contributed by atoms with Gasteiger partial charge in [0.25, 0.3) is 0 Å². The van der Waals surface area contributed by atoms with Gasteiger partial charge in [-0.15, -0.1) is 0 Å². The quantitative estimate of drug-likeness (QED) is 0.501. The first kappa shape index (κ1) is 17.4. The number of ether oxygens (including phenoxy) is 2. The van der Waals surface area contributed by atoms with Crippen LogP contribution in [0.25, 0.3) is 0 Å². The van der Waals surface area contributed by atoms with E-state index in [9.17, 15) is 9.59 Å². The van der Waals surface area contributed by atoms with Gasteiger partial charge in [-0.25, -0.2) is 9.59 Å². The maximum Gasteiger partial charge on any atom is 0.343 e. The Morgan fingerprint density at radius 1 is 0.769 bits per heavy atom. The van der Waals surface area contributed by atoms with Crippen LogP contribution in [0.5, 0.6) is 5.75 Å². The molecule has 0 fully saturated rings. The van der Waals surface area contributed by atoms with Gasteiger partial charge in [-0.05, 0) is 48.4 Å². The summed E-state index contributed by atoms with van der Waals surface area (Å²) in [5, 5.41) is 0. The average molecular weight is 346 g/mol. The average Bonchev–Trinajstić information content (AvgIpc) is 2.67. The minimum atomic E-state index is -0.431. The Balaban J connectivity index is 1.58. The van der Waals surface area contributed by atoms with Crippen LogP contribution in [-0.2, 0) is 11.3 Å². The van der Waals surface area contributed by atoms with Crippen molar-refractivity contribution in [3.63, 3.8) is 0 Å². The van der Waals surface area contributed by atoms with Crippen molar-refractivity contribution < 1.29 is 19.1 Å². The second-order valence-electron chi connectivity index (χ2n) is 5.79. The van der Waals surface area contributed by atoms with Crippen molar-refractivity contribution in [3.8, 4) is 5.75 Å². The monoisotopic (exact) mass is 346 g/mol. The maximum absolute atomic E-state index is 12.1. The van der Waals surface area contributed by atoms with E-state index in [1.165, 1.54) is 0 Å². The number of esters is 2. The number of rotatable bonds is 5. The fraction of sp³-hybridized carbons (Fsp3) is 0.0909. The number of carbonyl (C=O) groups excluding carboxylic acids is 2. The first-order valence-corrected chi connectivity index (χ1v) is 8.22. The fourth-order valence-corrected chi connectivity index (χ4v) is 2.42. The molecule has 0 N–H and O–H groups in total. The first-order valence-electron chi connectivity index (χ1n) is 8.22. The van der Waals surface area contributed by atoms with Gasteiger partial charge in [-0.2, -0.15) is 0 Å². The van der Waals surface area contributed by atoms with E-state index in [0.717, 1.165) is 11.1 Å². The molecule has 0 aromatic heterocycles. The Kier molecular flexibility index (Phi) is 5.44. The van der Waals surface area contributed by atoms with Gasteiger partial charge >= 0.3 is 11.9 Å². The van der Waals surface area contributed by atoms with Crippen LogP contribution >= 0.6 is 0 Å². The minimum Gasteiger partial charge on any atom is -0.457 e. The van der Waals surface area contributed by atoms with Crippen LogP contribution in [0.4, 0.5) is 0 Å². The molecular weight excluding hydrogens is 328 g/mol. The molecule has 0 aliphatic carbocycles. The van der Waals surface area contributed by atoms with Crippen LogP contribution in [0.15, 0.2) is 78.9 Å². The molecule has 0 atom stereocenters. The number of benzene rings is 3. The number of hydrogen-bond acceptors (Lipinski definition) is 4. The van der Waals surface area contributed by atoms with Gasteiger partial charge in [-0.3, -0.25) is 0 Å². The summed E-state index contributed by atoms with van der Waals surface area (Å²) in [6, 6.07) is 23.0. The normalized spacial score (nSPS) is 10.2. The van der Waals surface area contributed by atoms with E-state index in [-0.39, 0.29) is 12.6 Å². The van der Waals surface area contributed by atoms with Crippen molar-refractivity contribution in [2.45, 2.75) is 13.5 Å². The molecule has 0 amide bonds. The molecule has 0 aliphatic heterocycles. The molecule has 0 heterocycles. The van der Waals surface area contributed by atoms with Crippen molar-refractivity contribution in [1.82, 2.24) is 0 Å². The van der Waals surface area contributed by atoms with E-state index >= 15 is 0 Å². The molecule has 0 spiro atoms. The Labute approximate surface area is 152 Å². The zero-order valence-electron chi connectivity index (χ0n) is 14.3. The van der Waals surface area contributed by atoms with Crippen molar-refractivity contribution in [3.05, 3.63) is 101 Å². The smallest absolute Gasteiger partial charge is 0.343 e. The first-order chi connectivity index (χ1) is 12.6. The third kappa shape index (κ3) is 4.36. The molecule has 26 heavy (non-hydrogen) atoms. The van der Waals surface area contributed by atoms with E-state index < -0.39 is 5.97 Å². The van der Waals surface area contributed by atoms with Crippen LogP contribution in [0, 0.1) is 6.92 Å². The lowest BCUT2D eigenvalue weighted by atomic mass is 10.1. The molecule has 0 bridgehead atoms. The summed E-state index contributed by atoms with van der Waals surface area (Å²) in [6.45, 7) is 2.00. The Morgan fingerprint density at radius 2 is 1.42 bits per heavy atom. The summed E-state index contributed by atoms with van der Waals surface area (Å²) in [6.07, 6.45) is 0. The molecule has 0 saturated heterocycles. The second-order valence-corrected chi connectivity index (χ2v) is 5.79. The molecule has 4 nitrogen and oxygen atoms in total. The maximum atomic E-state index is 12.1. The topological polar surface area (TPSA) is 52.6 Å². The number of aryl methyl sites for hydroxylation is 1. The standard InChI is InChI=1S/C22H18O4/c1-16-7-5-6-10-20(16)22(24)25-15-17-11-13-18(14-12-17)21(23)26-19-8-3-2-4-9-19/h2-14H,15H2,1H3. The van der Waals surface area contributed by atoms with E-state index in [4.69, 9.17) is 9.47 Å². The minimum absolute atomic E-state index is 0.140. The number of hydrogen-bond donors (Lipinski definition) is 0. The molecule has 0 radical (unpaired) electrons. The van der Waals surface area contributed by atoms with Gasteiger partial charge in [0, 0.05) is 0 Å². The van der Waals surface area contributed by atoms with Crippen LogP contribution in [0.3, 0.4) is 0 Å². The largest absolute Gasteiger partial charge is 0.457 e. The molecule has 3 aromatic carbocycles. The van der Waals surface area contributed by atoms with Crippen molar-refractivity contribution in [2.75, 3.05) is 0 Å². The van der Waals surface area contributed by atoms with Gasteiger partial charge in [-0.1, -0.05) is 48.5 Å². The van der Waals surface area contributed by atoms with E-state index in [0.29, 0.717) is 16.9 Å². The van der Waals surface area contributed by atoms with Gasteiger partial charge in [0.1, 0.15) is 12.4 Å². The highest BCUT2D eigenvalue weighted by molar-refractivity contribution is 5.91. The van der Waals surface area contributed by atoms with E-state index in [1.807, 2.05) is 25.1 Å². The molecule has 0 saturated carbocycles. The lowest BCUT2D eigenvalue weighted by molar-refractivity contribution is 0.0471. The molecule has 4 heteroatoms. The van der Waals surface area contributed by atoms with Crippen molar-refractivity contribution in [2.24, 2.45) is 0 Å². The summed E-state index contributed by atoms with van der Waals surface area (Å²) in [4.78, 5) is 24.2. The van der Waals surface area contributed by atoms with Gasteiger partial charge in [0.05, 0.1) is 11.1 Å². The van der Waals surface area contributed by atoms with E-state index in [1.54, 1.807) is 60.7 Å². The number of carbonyl (C=O) groups is 2. The SMILES string of the molecule is Cc1ccccc1C(=O)OCc1ccc(C(=O)Oc2ccccc2)cc1. The molecular formula is C22H18O4. The summed E-state index contributed by atoms with van der Waals surface area (Å²) in [7, 11) is 0. The highest BCUT2D eigenvalue weighted by Crippen LogP contribution is 2.14. The highest BCUT2D eigenvalue weighted by atomic mass is 16.5. The summed E-state index contributed by atoms with van der Waals surface area (Å²) < 4.78 is 10.6. The Bertz CT molecular complexity index is 899. The third-order valence-electron chi connectivity index (χ3n) is 3.88. The molecule has 130 valence electrons. The van der Waals surface area contributed by atoms with Crippen LogP contribution in [-0.4, -0.2) is 11.9 Å². The van der Waals surface area contributed by atoms with Crippen LogP contribution in [0.2, 0.25) is 0 Å². The predicted molar refractivity (Wildman–Crippen MR) is 98.1 cm³/mol. The zero-order valence-corrected chi connectivity index (χ0v) is 14.3. The fourth-order valence-electron chi connectivity index (χ4n) is 2.42. The van der Waals surface area contributed by atoms with Gasteiger partial charge in [0.15, 0.2) is 0 Å². The molecule has 3 aromatic rings. The Hall–Kier alpha value is -3.40. The summed E-state index contributed by atoms with van der Waals surface area (Å²) in [5.41, 5.74) is 2.65. The van der Waals surface area contributed by atoms with E-state index in [2.05, 4.69) is 0 Å². The summed E-state index contributed by atoms with van der Waals surface area (Å²) in [5.74, 6) is -0.302. The molecule has 3 rings (SSSR count). The molecule has 0 unspecified atom stereocenters. The predicted octanol–water partition coefficient (Wildman–Crippen LogP) is 4.57. The van der Waals surface area contributed by atoms with Gasteiger partial charge < -0.3 is 9.47 Å². The lowest BCUT2D eigenvalue weighted by Gasteiger charge is -2.08. The Morgan fingerprint density at radius 3 is 2.12 bits per heavy atom.